The van der Waals surface area contributed by atoms with Gasteiger partial charge in [-0.05, 0) is 61.1 Å². The molecule has 0 aliphatic heterocycles. The van der Waals surface area contributed by atoms with Crippen LogP contribution in [0.1, 0.15) is 29.9 Å². The standard InChI is InChI=1S/C18H20ClNO/c1-12-3-8-18(21-2)17(9-12)20-16-10-14(11-16)13-4-6-15(19)7-5-13/h3-9,14,16,20H,10-11H2,1-2H3. The van der Waals surface area contributed by atoms with Crippen molar-refractivity contribution in [3.05, 3.63) is 58.6 Å². The van der Waals surface area contributed by atoms with E-state index >= 15 is 0 Å². The van der Waals surface area contributed by atoms with Gasteiger partial charge in [0.1, 0.15) is 5.75 Å². The maximum Gasteiger partial charge on any atom is 0.141 e. The van der Waals surface area contributed by atoms with Crippen molar-refractivity contribution in [2.24, 2.45) is 0 Å². The molecule has 21 heavy (non-hydrogen) atoms. The van der Waals surface area contributed by atoms with Crippen LogP contribution in [0.25, 0.3) is 0 Å². The summed E-state index contributed by atoms with van der Waals surface area (Å²) >= 11 is 5.94. The Morgan fingerprint density at radius 2 is 1.81 bits per heavy atom. The van der Waals surface area contributed by atoms with Gasteiger partial charge in [0.05, 0.1) is 12.8 Å². The monoisotopic (exact) mass is 301 g/mol. The highest BCUT2D eigenvalue weighted by atomic mass is 35.5. The number of halogens is 1. The second kappa shape index (κ2) is 5.98. The number of ether oxygens (including phenoxy) is 1. The summed E-state index contributed by atoms with van der Waals surface area (Å²) in [6.45, 7) is 2.10. The average molecular weight is 302 g/mol. The van der Waals surface area contributed by atoms with E-state index in [-0.39, 0.29) is 0 Å². The van der Waals surface area contributed by atoms with E-state index in [9.17, 15) is 0 Å². The lowest BCUT2D eigenvalue weighted by Crippen LogP contribution is -2.34. The van der Waals surface area contributed by atoms with Gasteiger partial charge in [-0.2, -0.15) is 0 Å². The van der Waals surface area contributed by atoms with E-state index in [2.05, 4.69) is 36.5 Å². The number of hydrogen-bond acceptors (Lipinski definition) is 2. The molecule has 1 aliphatic rings. The van der Waals surface area contributed by atoms with E-state index in [1.54, 1.807) is 7.11 Å². The molecule has 2 aromatic carbocycles. The molecule has 1 saturated carbocycles. The zero-order valence-electron chi connectivity index (χ0n) is 12.4. The van der Waals surface area contributed by atoms with Crippen LogP contribution in [0.15, 0.2) is 42.5 Å². The number of methoxy groups -OCH3 is 1. The summed E-state index contributed by atoms with van der Waals surface area (Å²) in [4.78, 5) is 0. The highest BCUT2D eigenvalue weighted by molar-refractivity contribution is 6.30. The number of benzene rings is 2. The number of nitrogens with one attached hydrogen (secondary N) is 1. The van der Waals surface area contributed by atoms with Crippen LogP contribution in [0.4, 0.5) is 5.69 Å². The van der Waals surface area contributed by atoms with Gasteiger partial charge in [0, 0.05) is 11.1 Å². The topological polar surface area (TPSA) is 21.3 Å². The van der Waals surface area contributed by atoms with Crippen LogP contribution >= 0.6 is 11.6 Å². The summed E-state index contributed by atoms with van der Waals surface area (Å²) in [6, 6.07) is 15.0. The summed E-state index contributed by atoms with van der Waals surface area (Å²) in [6.07, 6.45) is 2.30. The fraction of sp³-hybridized carbons (Fsp3) is 0.333. The smallest absolute Gasteiger partial charge is 0.141 e. The second-order valence-corrected chi connectivity index (χ2v) is 6.20. The second-order valence-electron chi connectivity index (χ2n) is 5.76. The summed E-state index contributed by atoms with van der Waals surface area (Å²) in [7, 11) is 1.72. The molecule has 0 saturated heterocycles. The van der Waals surface area contributed by atoms with Gasteiger partial charge in [0.25, 0.3) is 0 Å². The molecule has 110 valence electrons. The summed E-state index contributed by atoms with van der Waals surface area (Å²) in [5.74, 6) is 1.55. The molecule has 3 heteroatoms. The van der Waals surface area contributed by atoms with Gasteiger partial charge >= 0.3 is 0 Å². The van der Waals surface area contributed by atoms with Crippen LogP contribution in [-0.4, -0.2) is 13.2 Å². The van der Waals surface area contributed by atoms with E-state index in [0.717, 1.165) is 29.3 Å². The van der Waals surface area contributed by atoms with E-state index < -0.39 is 0 Å². The Labute approximate surface area is 131 Å². The minimum absolute atomic E-state index is 0.515. The van der Waals surface area contributed by atoms with Gasteiger partial charge < -0.3 is 10.1 Å². The molecule has 0 aromatic heterocycles. The first-order chi connectivity index (χ1) is 10.2. The Hall–Kier alpha value is -1.67. The highest BCUT2D eigenvalue weighted by Crippen LogP contribution is 2.40. The zero-order chi connectivity index (χ0) is 14.8. The SMILES string of the molecule is COc1ccc(C)cc1NC1CC(c2ccc(Cl)cc2)C1. The van der Waals surface area contributed by atoms with Crippen molar-refractivity contribution in [1.29, 1.82) is 0 Å². The van der Waals surface area contributed by atoms with Crippen molar-refractivity contribution < 1.29 is 4.74 Å². The number of rotatable bonds is 4. The molecule has 1 fully saturated rings. The lowest BCUT2D eigenvalue weighted by atomic mass is 9.76. The summed E-state index contributed by atoms with van der Waals surface area (Å²) in [5, 5.41) is 4.40. The maximum absolute atomic E-state index is 5.94. The Kier molecular flexibility index (Phi) is 4.07. The Balaban J connectivity index is 1.62. The van der Waals surface area contributed by atoms with E-state index in [1.807, 2.05) is 18.2 Å². The van der Waals surface area contributed by atoms with Crippen molar-refractivity contribution >= 4 is 17.3 Å². The molecule has 0 heterocycles. The van der Waals surface area contributed by atoms with Crippen LogP contribution in [-0.2, 0) is 0 Å². The Morgan fingerprint density at radius 3 is 2.48 bits per heavy atom. The molecule has 2 nitrogen and oxygen atoms in total. The Morgan fingerprint density at radius 1 is 1.10 bits per heavy atom. The minimum Gasteiger partial charge on any atom is -0.495 e. The summed E-state index contributed by atoms with van der Waals surface area (Å²) < 4.78 is 5.42. The molecule has 0 amide bonds. The van der Waals surface area contributed by atoms with Crippen LogP contribution in [0.5, 0.6) is 5.75 Å². The quantitative estimate of drug-likeness (QED) is 0.856. The van der Waals surface area contributed by atoms with Crippen molar-refractivity contribution in [2.45, 2.75) is 31.7 Å². The van der Waals surface area contributed by atoms with Gasteiger partial charge in [-0.3, -0.25) is 0 Å². The molecule has 2 aromatic rings. The zero-order valence-corrected chi connectivity index (χ0v) is 13.2. The minimum atomic E-state index is 0.515. The van der Waals surface area contributed by atoms with Crippen LogP contribution in [0.2, 0.25) is 5.02 Å². The molecule has 1 aliphatic carbocycles. The third-order valence-electron chi connectivity index (χ3n) is 4.19. The first-order valence-electron chi connectivity index (χ1n) is 7.32. The van der Waals surface area contributed by atoms with Crippen molar-refractivity contribution in [1.82, 2.24) is 0 Å². The predicted molar refractivity (Wildman–Crippen MR) is 88.6 cm³/mol. The number of anilines is 1. The fourth-order valence-corrected chi connectivity index (χ4v) is 3.02. The van der Waals surface area contributed by atoms with Gasteiger partial charge in [-0.1, -0.05) is 29.8 Å². The molecule has 0 unspecified atom stereocenters. The van der Waals surface area contributed by atoms with Crippen LogP contribution in [0.3, 0.4) is 0 Å². The summed E-state index contributed by atoms with van der Waals surface area (Å²) in [5.41, 5.74) is 3.72. The van der Waals surface area contributed by atoms with Crippen LogP contribution in [0, 0.1) is 6.92 Å². The van der Waals surface area contributed by atoms with Gasteiger partial charge in [0.2, 0.25) is 0 Å². The van der Waals surface area contributed by atoms with Gasteiger partial charge in [-0.15, -0.1) is 0 Å². The predicted octanol–water partition coefficient (Wildman–Crippen LogP) is 5.02. The first-order valence-corrected chi connectivity index (χ1v) is 7.70. The normalized spacial score (nSPS) is 20.7. The largest absolute Gasteiger partial charge is 0.495 e. The lowest BCUT2D eigenvalue weighted by molar-refractivity contribution is 0.370. The van der Waals surface area contributed by atoms with Gasteiger partial charge in [0.15, 0.2) is 0 Å². The number of aryl methyl sites for hydroxylation is 1. The first kappa shape index (κ1) is 14.3. The van der Waals surface area contributed by atoms with E-state index in [1.165, 1.54) is 11.1 Å². The molecule has 3 rings (SSSR count). The highest BCUT2D eigenvalue weighted by Gasteiger charge is 2.30. The fourth-order valence-electron chi connectivity index (χ4n) is 2.90. The van der Waals surface area contributed by atoms with Crippen molar-refractivity contribution in [2.75, 3.05) is 12.4 Å². The molecule has 0 radical (unpaired) electrons. The molecular formula is C18H20ClNO. The van der Waals surface area contributed by atoms with Crippen molar-refractivity contribution in [3.63, 3.8) is 0 Å². The van der Waals surface area contributed by atoms with E-state index in [4.69, 9.17) is 16.3 Å². The average Bonchev–Trinajstić information content (AvgIpc) is 2.44. The lowest BCUT2D eigenvalue weighted by Gasteiger charge is -2.37. The van der Waals surface area contributed by atoms with Crippen LogP contribution < -0.4 is 10.1 Å². The third kappa shape index (κ3) is 3.16. The van der Waals surface area contributed by atoms with E-state index in [0.29, 0.717) is 12.0 Å². The molecule has 0 spiro atoms. The van der Waals surface area contributed by atoms with Gasteiger partial charge in [-0.25, -0.2) is 0 Å². The molecular weight excluding hydrogens is 282 g/mol. The molecule has 0 atom stereocenters. The number of hydrogen-bond donors (Lipinski definition) is 1. The molecule has 0 bridgehead atoms. The van der Waals surface area contributed by atoms with Crippen molar-refractivity contribution in [3.8, 4) is 5.75 Å². The maximum atomic E-state index is 5.94. The third-order valence-corrected chi connectivity index (χ3v) is 4.45. The molecule has 1 N–H and O–H groups in total. The Bertz CT molecular complexity index is 618.